The minimum atomic E-state index is 0. The van der Waals surface area contributed by atoms with E-state index in [0.29, 0.717) is 0 Å². The number of rotatable bonds is 12. The number of fused-ring (bicyclic) bond motifs is 1. The van der Waals surface area contributed by atoms with Crippen LogP contribution in [0.2, 0.25) is 0 Å². The van der Waals surface area contributed by atoms with Crippen LogP contribution in [0.1, 0.15) is 27.7 Å². The Labute approximate surface area is 207 Å². The number of halogens is 2. The average molecular weight is 480 g/mol. The summed E-state index contributed by atoms with van der Waals surface area (Å²) >= 11 is 0. The predicted molar refractivity (Wildman–Crippen MR) is 129 cm³/mol. The van der Waals surface area contributed by atoms with Gasteiger partial charge in [0.2, 0.25) is 0 Å². The van der Waals surface area contributed by atoms with Crippen molar-refractivity contribution in [3.63, 3.8) is 0 Å². The minimum Gasteiger partial charge on any atom is -1.00 e. The third-order valence-electron chi connectivity index (χ3n) is 6.53. The van der Waals surface area contributed by atoms with Crippen molar-refractivity contribution in [1.29, 1.82) is 0 Å². The van der Waals surface area contributed by atoms with Crippen LogP contribution < -0.4 is 39.6 Å². The average Bonchev–Trinajstić information content (AvgIpc) is 3.19. The highest BCUT2D eigenvalue weighted by Gasteiger charge is 2.17. The van der Waals surface area contributed by atoms with Gasteiger partial charge in [-0.3, -0.25) is 4.68 Å². The molecule has 1 heterocycles. The third-order valence-corrected chi connectivity index (χ3v) is 6.53. The molecule has 0 amide bonds. The van der Waals surface area contributed by atoms with E-state index in [1.54, 1.807) is 9.80 Å². The normalized spacial score (nSPS) is 10.9. The smallest absolute Gasteiger partial charge is 0.0965 e. The molecule has 3 rings (SSSR count). The minimum absolute atomic E-state index is 0. The number of hydrogen-bond donors (Lipinski definition) is 2. The predicted octanol–water partition coefficient (Wildman–Crippen LogP) is -3.90. The number of benzene rings is 2. The molecular formula is C26H40Cl2N4. The monoisotopic (exact) mass is 478 g/mol. The Bertz CT molecular complexity index is 873. The van der Waals surface area contributed by atoms with Crippen LogP contribution in [-0.2, 0) is 0 Å². The van der Waals surface area contributed by atoms with Crippen LogP contribution in [0.3, 0.4) is 0 Å². The molecule has 0 aliphatic heterocycles. The van der Waals surface area contributed by atoms with Gasteiger partial charge in [-0.25, -0.2) is 0 Å². The highest BCUT2D eigenvalue weighted by Crippen LogP contribution is 2.30. The van der Waals surface area contributed by atoms with Crippen molar-refractivity contribution in [2.24, 2.45) is 0 Å². The van der Waals surface area contributed by atoms with Gasteiger partial charge in [0.05, 0.1) is 57.9 Å². The molecule has 0 saturated carbocycles. The summed E-state index contributed by atoms with van der Waals surface area (Å²) in [5, 5.41) is 3.91. The van der Waals surface area contributed by atoms with Gasteiger partial charge in [0.25, 0.3) is 0 Å². The number of nitrogens with one attached hydrogen (secondary N) is 2. The molecule has 0 bridgehead atoms. The molecule has 0 fully saturated rings. The zero-order valence-electron chi connectivity index (χ0n) is 20.1. The number of para-hydroxylation sites is 1. The van der Waals surface area contributed by atoms with Gasteiger partial charge in [0.15, 0.2) is 0 Å². The molecule has 0 aliphatic rings. The molecular weight excluding hydrogens is 439 g/mol. The first kappa shape index (κ1) is 28.3. The van der Waals surface area contributed by atoms with E-state index in [4.69, 9.17) is 0 Å². The number of quaternary nitrogens is 2. The molecule has 0 radical (unpaired) electrons. The standard InChI is InChI=1S/C26H38N4.2ClH/c1-5-27(6-2)18-20-29(21-19-28(7-3)8-4)30-22-25(23-14-10-9-11-15-23)24-16-12-13-17-26(24)30;;/h9-17,22H,5-8,18-21H2,1-4H3;2*1H. The van der Waals surface area contributed by atoms with E-state index in [0.717, 1.165) is 13.1 Å². The molecule has 0 saturated heterocycles. The van der Waals surface area contributed by atoms with Crippen LogP contribution in [-0.4, -0.2) is 57.0 Å². The molecule has 0 unspecified atom stereocenters. The van der Waals surface area contributed by atoms with Crippen molar-refractivity contribution in [2.45, 2.75) is 27.7 Å². The number of likely N-dealkylation sites (N-methyl/N-ethyl adjacent to an activating group) is 2. The van der Waals surface area contributed by atoms with Crippen molar-refractivity contribution in [3.05, 3.63) is 60.8 Å². The van der Waals surface area contributed by atoms with Gasteiger partial charge >= 0.3 is 0 Å². The van der Waals surface area contributed by atoms with Crippen LogP contribution in [0.5, 0.6) is 0 Å². The second kappa shape index (κ2) is 14.4. The third kappa shape index (κ3) is 6.89. The van der Waals surface area contributed by atoms with Gasteiger partial charge in [0, 0.05) is 17.1 Å². The van der Waals surface area contributed by atoms with Gasteiger partial charge in [0.1, 0.15) is 0 Å². The van der Waals surface area contributed by atoms with Gasteiger partial charge < -0.3 is 39.6 Å². The van der Waals surface area contributed by atoms with E-state index in [1.807, 2.05) is 0 Å². The van der Waals surface area contributed by atoms with E-state index in [9.17, 15) is 0 Å². The molecule has 6 heteroatoms. The molecule has 4 nitrogen and oxygen atoms in total. The Hall–Kier alpha value is -1.72. The molecule has 178 valence electrons. The van der Waals surface area contributed by atoms with E-state index in [2.05, 4.69) is 98.2 Å². The van der Waals surface area contributed by atoms with Gasteiger partial charge in [-0.05, 0) is 39.3 Å². The number of hydrogen-bond acceptors (Lipinski definition) is 1. The topological polar surface area (TPSA) is 17.1 Å². The van der Waals surface area contributed by atoms with Crippen LogP contribution in [0, 0.1) is 0 Å². The summed E-state index contributed by atoms with van der Waals surface area (Å²) < 4.78 is 2.43. The maximum Gasteiger partial charge on any atom is 0.0965 e. The molecule has 1 aromatic heterocycles. The molecule has 3 aromatic rings. The highest BCUT2D eigenvalue weighted by atomic mass is 35.5. The van der Waals surface area contributed by atoms with Crippen molar-refractivity contribution in [3.8, 4) is 11.1 Å². The zero-order chi connectivity index (χ0) is 21.3. The summed E-state index contributed by atoms with van der Waals surface area (Å²) in [6.45, 7) is 18.4. The first-order valence-electron chi connectivity index (χ1n) is 11.8. The highest BCUT2D eigenvalue weighted by molar-refractivity contribution is 5.96. The number of nitrogens with zero attached hydrogens (tertiary/aromatic N) is 2. The summed E-state index contributed by atoms with van der Waals surface area (Å²) in [4.78, 5) is 3.32. The maximum absolute atomic E-state index is 2.57. The quantitative estimate of drug-likeness (QED) is 0.272. The van der Waals surface area contributed by atoms with E-state index in [-0.39, 0.29) is 24.8 Å². The lowest BCUT2D eigenvalue weighted by molar-refractivity contribution is -0.896. The summed E-state index contributed by atoms with van der Waals surface area (Å²) in [6.07, 6.45) is 2.36. The lowest BCUT2D eigenvalue weighted by Crippen LogP contribution is -3.12. The first-order valence-corrected chi connectivity index (χ1v) is 11.8. The molecule has 0 spiro atoms. The van der Waals surface area contributed by atoms with Crippen LogP contribution in [0.25, 0.3) is 22.0 Å². The Morgan fingerprint density at radius 3 is 1.72 bits per heavy atom. The lowest BCUT2D eigenvalue weighted by Gasteiger charge is -2.29. The van der Waals surface area contributed by atoms with Gasteiger partial charge in [-0.1, -0.05) is 48.5 Å². The van der Waals surface area contributed by atoms with Gasteiger partial charge in [-0.15, -0.1) is 0 Å². The zero-order valence-corrected chi connectivity index (χ0v) is 21.6. The molecule has 0 atom stereocenters. The fraction of sp³-hybridized carbons (Fsp3) is 0.462. The van der Waals surface area contributed by atoms with Crippen molar-refractivity contribution in [1.82, 2.24) is 4.68 Å². The largest absolute Gasteiger partial charge is 1.00 e. The Morgan fingerprint density at radius 2 is 1.19 bits per heavy atom. The van der Waals surface area contributed by atoms with Crippen LogP contribution >= 0.6 is 0 Å². The first-order chi connectivity index (χ1) is 14.7. The fourth-order valence-electron chi connectivity index (χ4n) is 4.35. The van der Waals surface area contributed by atoms with Crippen molar-refractivity contribution in [2.75, 3.05) is 57.4 Å². The number of aromatic nitrogens is 1. The lowest BCUT2D eigenvalue weighted by atomic mass is 10.1. The fourth-order valence-corrected chi connectivity index (χ4v) is 4.35. The van der Waals surface area contributed by atoms with Crippen LogP contribution in [0.15, 0.2) is 60.8 Å². The summed E-state index contributed by atoms with van der Waals surface area (Å²) in [6, 6.07) is 19.6. The summed E-state index contributed by atoms with van der Waals surface area (Å²) in [5.41, 5.74) is 3.91. The van der Waals surface area contributed by atoms with Crippen LogP contribution in [0.4, 0.5) is 0 Å². The summed E-state index contributed by atoms with van der Waals surface area (Å²) in [5.74, 6) is 0. The second-order valence-corrected chi connectivity index (χ2v) is 8.14. The van der Waals surface area contributed by atoms with E-state index < -0.39 is 0 Å². The summed E-state index contributed by atoms with van der Waals surface area (Å²) in [7, 11) is 0. The molecule has 32 heavy (non-hydrogen) atoms. The van der Waals surface area contributed by atoms with Crippen molar-refractivity contribution < 1.29 is 34.6 Å². The Morgan fingerprint density at radius 1 is 0.688 bits per heavy atom. The SMILES string of the molecule is CC[NH+](CC)CCN(CC[NH+](CC)CC)n1cc(-c2ccccc2)c2ccccc21.[Cl-].[Cl-]. The molecule has 2 N–H and O–H groups in total. The van der Waals surface area contributed by atoms with Crippen molar-refractivity contribution >= 4 is 10.9 Å². The Kier molecular flexibility index (Phi) is 12.8. The second-order valence-electron chi connectivity index (χ2n) is 8.14. The van der Waals surface area contributed by atoms with Gasteiger partial charge in [-0.2, -0.15) is 0 Å². The Balaban J connectivity index is 0.00000256. The van der Waals surface area contributed by atoms with E-state index >= 15 is 0 Å². The van der Waals surface area contributed by atoms with E-state index in [1.165, 1.54) is 61.3 Å². The molecule has 0 aliphatic carbocycles. The molecule has 2 aromatic carbocycles. The maximum atomic E-state index is 2.57.